The fraction of sp³-hybridized carbons (Fsp3) is 0.902. The second kappa shape index (κ2) is 13.8. The molecule has 9 unspecified atom stereocenters. The van der Waals surface area contributed by atoms with Gasteiger partial charge in [0.15, 0.2) is 18.0 Å². The summed E-state index contributed by atoms with van der Waals surface area (Å²) in [4.78, 5) is 37.4. The highest BCUT2D eigenvalue weighted by Crippen LogP contribution is 2.64. The van der Waals surface area contributed by atoms with Crippen molar-refractivity contribution in [2.45, 2.75) is 186 Å². The average molecular weight is 728 g/mol. The predicted molar refractivity (Wildman–Crippen MR) is 187 cm³/mol. The van der Waals surface area contributed by atoms with Gasteiger partial charge in [-0.05, 0) is 117 Å². The molecule has 3 aliphatic heterocycles. The molecule has 0 N–H and O–H groups in total. The number of hydrogen-bond donors (Lipinski definition) is 0. The zero-order valence-electron chi connectivity index (χ0n) is 32.3. The molecular weight excluding hydrogens is 666 g/mol. The first-order valence-corrected chi connectivity index (χ1v) is 20.3. The number of nitriles is 1. The Morgan fingerprint density at radius 2 is 1.35 bits per heavy atom. The van der Waals surface area contributed by atoms with E-state index in [1.807, 2.05) is 34.6 Å². The van der Waals surface area contributed by atoms with Gasteiger partial charge in [0, 0.05) is 44.3 Å². The third kappa shape index (κ3) is 6.81. The van der Waals surface area contributed by atoms with Crippen LogP contribution in [0, 0.1) is 45.3 Å². The van der Waals surface area contributed by atoms with Crippen molar-refractivity contribution in [1.29, 1.82) is 5.26 Å². The Morgan fingerprint density at radius 1 is 0.808 bits per heavy atom. The molecule has 9 rings (SSSR count). The van der Waals surface area contributed by atoms with Gasteiger partial charge in [-0.3, -0.25) is 14.4 Å². The van der Waals surface area contributed by atoms with Crippen molar-refractivity contribution >= 4 is 17.9 Å². The molecule has 3 saturated heterocycles. The highest BCUT2D eigenvalue weighted by Gasteiger charge is 2.72. The van der Waals surface area contributed by atoms with Gasteiger partial charge in [-0.2, -0.15) is 5.26 Å². The van der Waals surface area contributed by atoms with Crippen molar-refractivity contribution in [3.8, 4) is 6.07 Å². The van der Waals surface area contributed by atoms with Gasteiger partial charge in [-0.15, -0.1) is 0 Å². The molecule has 11 heteroatoms. The first-order valence-electron chi connectivity index (χ1n) is 20.3. The molecule has 0 spiro atoms. The molecule has 6 bridgehead atoms. The van der Waals surface area contributed by atoms with Crippen LogP contribution in [0.2, 0.25) is 0 Å². The predicted octanol–water partition coefficient (Wildman–Crippen LogP) is 7.08. The Hall–Kier alpha value is -2.26. The molecule has 9 aliphatic rings. The molecule has 0 radical (unpaired) electrons. The summed E-state index contributed by atoms with van der Waals surface area (Å²) in [5, 5.41) is 9.31. The Labute approximate surface area is 309 Å². The van der Waals surface area contributed by atoms with Gasteiger partial charge in [-0.1, -0.05) is 13.8 Å². The van der Waals surface area contributed by atoms with E-state index < -0.39 is 33.9 Å². The second-order valence-electron chi connectivity index (χ2n) is 18.9. The molecule has 11 nitrogen and oxygen atoms in total. The lowest BCUT2D eigenvalue weighted by molar-refractivity contribution is -0.343. The summed E-state index contributed by atoms with van der Waals surface area (Å²) in [6.45, 7) is 13.2. The maximum absolute atomic E-state index is 13.2. The monoisotopic (exact) mass is 727 g/mol. The minimum absolute atomic E-state index is 0.0766. The third-order valence-electron chi connectivity index (χ3n) is 14.1. The van der Waals surface area contributed by atoms with Crippen LogP contribution < -0.4 is 0 Å². The van der Waals surface area contributed by atoms with E-state index in [9.17, 15) is 19.6 Å². The first-order chi connectivity index (χ1) is 24.6. The summed E-state index contributed by atoms with van der Waals surface area (Å²) in [7, 11) is 0. The van der Waals surface area contributed by atoms with Gasteiger partial charge in [0.25, 0.3) is 0 Å². The molecule has 6 aliphatic carbocycles. The Kier molecular flexibility index (Phi) is 10.1. The molecule has 0 aromatic carbocycles. The first kappa shape index (κ1) is 38.0. The Balaban J connectivity index is 0.000000180. The van der Waals surface area contributed by atoms with Crippen molar-refractivity contribution in [3.63, 3.8) is 0 Å². The van der Waals surface area contributed by atoms with Crippen LogP contribution in [0.4, 0.5) is 0 Å². The van der Waals surface area contributed by atoms with E-state index in [0.29, 0.717) is 18.8 Å². The normalized spacial score (nSPS) is 42.9. The standard InChI is InChI=1S/C26H42O6.C15H19NO4/c1-4-23(2,3)22(27)32-26-15-19-13-24(17-26,30-20-9-5-7-11-28-20)16-25(14-19,18-26)31-21-10-6-8-12-29-21;1-4-14(2,3)12(17)19-10-8-5-9-11(10)20-13(18)15(9,6-8)7-16/h19-21H,4-18H2,1-3H3;8-11H,4-6H2,1-3H3. The quantitative estimate of drug-likeness (QED) is 0.169. The number of rotatable bonds is 10. The molecule has 6 saturated carbocycles. The molecule has 290 valence electrons. The van der Waals surface area contributed by atoms with Crippen LogP contribution in [0.3, 0.4) is 0 Å². The van der Waals surface area contributed by atoms with Crippen LogP contribution in [0.15, 0.2) is 0 Å². The maximum Gasteiger partial charge on any atom is 0.327 e. The number of fused-ring (bicyclic) bond motifs is 1. The number of carbonyl (C=O) groups is 3. The summed E-state index contributed by atoms with van der Waals surface area (Å²) < 4.78 is 43.0. The summed E-state index contributed by atoms with van der Waals surface area (Å²) in [5.41, 5.74) is -3.18. The molecular formula is C41H61NO10. The number of hydrogen-bond acceptors (Lipinski definition) is 11. The van der Waals surface area contributed by atoms with Crippen molar-refractivity contribution in [2.24, 2.45) is 34.0 Å². The van der Waals surface area contributed by atoms with Crippen LogP contribution in [0.25, 0.3) is 0 Å². The van der Waals surface area contributed by atoms with Crippen LogP contribution in [0.1, 0.15) is 144 Å². The van der Waals surface area contributed by atoms with Crippen molar-refractivity contribution in [3.05, 3.63) is 0 Å². The lowest BCUT2D eigenvalue weighted by Gasteiger charge is -2.65. The summed E-state index contributed by atoms with van der Waals surface area (Å²) in [5.74, 6) is -0.347. The largest absolute Gasteiger partial charge is 0.458 e. The molecule has 52 heavy (non-hydrogen) atoms. The Morgan fingerprint density at radius 3 is 1.87 bits per heavy atom. The van der Waals surface area contributed by atoms with Gasteiger partial charge in [0.2, 0.25) is 0 Å². The van der Waals surface area contributed by atoms with Gasteiger partial charge in [0.1, 0.15) is 17.8 Å². The third-order valence-corrected chi connectivity index (χ3v) is 14.1. The molecule has 0 aromatic rings. The van der Waals surface area contributed by atoms with E-state index in [4.69, 9.17) is 33.2 Å². The summed E-state index contributed by atoms with van der Waals surface area (Å²) in [6, 6.07) is 2.15. The van der Waals surface area contributed by atoms with E-state index >= 15 is 0 Å². The number of esters is 3. The van der Waals surface area contributed by atoms with E-state index in [0.717, 1.165) is 103 Å². The Bertz CT molecular complexity index is 1390. The summed E-state index contributed by atoms with van der Waals surface area (Å²) in [6.07, 6.45) is 13.3. The van der Waals surface area contributed by atoms with E-state index in [1.54, 1.807) is 0 Å². The fourth-order valence-corrected chi connectivity index (χ4v) is 10.9. The summed E-state index contributed by atoms with van der Waals surface area (Å²) >= 11 is 0. The van der Waals surface area contributed by atoms with Crippen LogP contribution in [-0.4, -0.2) is 72.7 Å². The maximum atomic E-state index is 13.2. The molecule has 9 atom stereocenters. The molecule has 3 heterocycles. The average Bonchev–Trinajstić information content (AvgIpc) is 3.70. The SMILES string of the molecule is CCC(C)(C)C(=O)OC12CC3CC(OC4CCCCO4)(C1)CC(OC1CCCCO1)(C3)C2.CCC(C)(C)C(=O)OC1C2CC3C1OC(=O)C3(C#N)C2. The lowest BCUT2D eigenvalue weighted by atomic mass is 9.50. The van der Waals surface area contributed by atoms with Gasteiger partial charge < -0.3 is 33.2 Å². The minimum Gasteiger partial charge on any atom is -0.458 e. The van der Waals surface area contributed by atoms with E-state index in [2.05, 4.69) is 13.0 Å². The van der Waals surface area contributed by atoms with E-state index in [-0.39, 0.29) is 53.7 Å². The number of ether oxygens (including phenoxy) is 7. The highest BCUT2D eigenvalue weighted by atomic mass is 16.7. The van der Waals surface area contributed by atoms with Gasteiger partial charge in [-0.25, -0.2) is 0 Å². The lowest BCUT2D eigenvalue weighted by Crippen LogP contribution is -2.69. The molecule has 9 fully saturated rings. The second-order valence-corrected chi connectivity index (χ2v) is 18.9. The fourth-order valence-electron chi connectivity index (χ4n) is 10.9. The number of nitrogens with zero attached hydrogens (tertiary/aromatic N) is 1. The van der Waals surface area contributed by atoms with E-state index in [1.165, 1.54) is 0 Å². The topological polar surface area (TPSA) is 140 Å². The molecule has 0 aromatic heterocycles. The smallest absolute Gasteiger partial charge is 0.327 e. The zero-order valence-corrected chi connectivity index (χ0v) is 32.3. The van der Waals surface area contributed by atoms with Gasteiger partial charge >= 0.3 is 17.9 Å². The van der Waals surface area contributed by atoms with Crippen LogP contribution in [-0.2, 0) is 47.5 Å². The van der Waals surface area contributed by atoms with Crippen molar-refractivity contribution in [1.82, 2.24) is 0 Å². The zero-order chi connectivity index (χ0) is 37.2. The van der Waals surface area contributed by atoms with Crippen molar-refractivity contribution in [2.75, 3.05) is 13.2 Å². The van der Waals surface area contributed by atoms with Crippen LogP contribution >= 0.6 is 0 Å². The number of carbonyl (C=O) groups excluding carboxylic acids is 3. The van der Waals surface area contributed by atoms with Crippen molar-refractivity contribution < 1.29 is 47.5 Å². The van der Waals surface area contributed by atoms with Crippen LogP contribution in [0.5, 0.6) is 0 Å². The van der Waals surface area contributed by atoms with Gasteiger partial charge in [0.05, 0.1) is 28.1 Å². The molecule has 0 amide bonds. The highest BCUT2D eigenvalue weighted by molar-refractivity contribution is 5.84. The minimum atomic E-state index is -0.974.